The van der Waals surface area contributed by atoms with Crippen LogP contribution in [0.1, 0.15) is 5.69 Å². The third-order valence-corrected chi connectivity index (χ3v) is 7.49. The molecule has 4 aromatic rings. The zero-order chi connectivity index (χ0) is 19.0. The Morgan fingerprint density at radius 3 is 2.15 bits per heavy atom. The van der Waals surface area contributed by atoms with Crippen molar-refractivity contribution in [2.24, 2.45) is 0 Å². The number of thiophene rings is 1. The lowest BCUT2D eigenvalue weighted by atomic mass is 10.1. The molecule has 0 saturated heterocycles. The van der Waals surface area contributed by atoms with Crippen LogP contribution in [0.4, 0.5) is 0 Å². The van der Waals surface area contributed by atoms with E-state index in [0.29, 0.717) is 4.90 Å². The van der Waals surface area contributed by atoms with Crippen molar-refractivity contribution in [3.63, 3.8) is 0 Å². The van der Waals surface area contributed by atoms with E-state index in [1.54, 1.807) is 12.1 Å². The molecule has 2 aromatic carbocycles. The quantitative estimate of drug-likeness (QED) is 0.423. The fraction of sp³-hybridized carbons (Fsp3) is 0.0909. The molecule has 0 amide bonds. The Hall–Kier alpha value is -2.63. The van der Waals surface area contributed by atoms with Crippen molar-refractivity contribution < 1.29 is 8.42 Å². The first kappa shape index (κ1) is 17.8. The normalized spacial score (nSPS) is 12.3. The van der Waals surface area contributed by atoms with Crippen LogP contribution in [-0.2, 0) is 9.84 Å². The molecule has 2 heterocycles. The van der Waals surface area contributed by atoms with Crippen LogP contribution in [0.15, 0.2) is 88.6 Å². The summed E-state index contributed by atoms with van der Waals surface area (Å²) >= 11 is 0. The topological polar surface area (TPSA) is 39.1 Å². The molecule has 0 N–H and O–H groups in total. The lowest BCUT2D eigenvalue weighted by Crippen LogP contribution is -1.95. The minimum Gasteiger partial charge on any atom is -0.321 e. The molecule has 136 valence electrons. The van der Waals surface area contributed by atoms with Gasteiger partial charge in [-0.05, 0) is 61.0 Å². The Balaban J connectivity index is 1.60. The minimum absolute atomic E-state index is 0.137. The molecule has 0 aliphatic carbocycles. The minimum atomic E-state index is -3.16. The van der Waals surface area contributed by atoms with Gasteiger partial charge in [-0.3, -0.25) is 0 Å². The van der Waals surface area contributed by atoms with Crippen molar-refractivity contribution in [1.82, 2.24) is 4.57 Å². The van der Waals surface area contributed by atoms with Gasteiger partial charge in [-0.15, -0.1) is 0 Å². The van der Waals surface area contributed by atoms with E-state index in [-0.39, 0.29) is 10.5 Å². The van der Waals surface area contributed by atoms with Gasteiger partial charge in [0.15, 0.2) is 20.1 Å². The number of rotatable bonds is 4. The van der Waals surface area contributed by atoms with Crippen LogP contribution in [0, 0.1) is 6.92 Å². The van der Waals surface area contributed by atoms with Gasteiger partial charge in [-0.25, -0.2) is 8.42 Å². The van der Waals surface area contributed by atoms with Crippen LogP contribution in [0.3, 0.4) is 0 Å². The van der Waals surface area contributed by atoms with E-state index in [0.717, 1.165) is 10.6 Å². The maximum atomic E-state index is 11.6. The lowest BCUT2D eigenvalue weighted by molar-refractivity contribution is 0.602. The molecule has 0 aliphatic heterocycles. The molecule has 2 aromatic heterocycles. The number of nitrogens with zero attached hydrogens (tertiary/aromatic N) is 1. The molecule has 0 saturated carbocycles. The monoisotopic (exact) mass is 394 g/mol. The van der Waals surface area contributed by atoms with E-state index in [1.165, 1.54) is 23.1 Å². The summed E-state index contributed by atoms with van der Waals surface area (Å²) in [6.45, 7) is 2.09. The molecule has 5 heteroatoms. The maximum absolute atomic E-state index is 11.6. The number of hydrogen-bond acceptors (Lipinski definition) is 2. The average Bonchev–Trinajstić information content (AvgIpc) is 3.30. The first-order valence-electron chi connectivity index (χ1n) is 8.59. The molecule has 0 radical (unpaired) electrons. The summed E-state index contributed by atoms with van der Waals surface area (Å²) in [6, 6.07) is 22.0. The first-order valence-corrected chi connectivity index (χ1v) is 11.8. The Morgan fingerprint density at radius 2 is 1.56 bits per heavy atom. The summed E-state index contributed by atoms with van der Waals surface area (Å²) in [5, 5.41) is 4.42. The number of hydrogen-bond donors (Lipinski definition) is 0. The smallest absolute Gasteiger partial charge is 0.178 e. The highest BCUT2D eigenvalue weighted by molar-refractivity contribution is 7.90. The Labute approximate surface area is 162 Å². The van der Waals surface area contributed by atoms with Gasteiger partial charge in [0, 0.05) is 45.9 Å². The summed E-state index contributed by atoms with van der Waals surface area (Å²) in [7, 11) is -3.29. The van der Waals surface area contributed by atoms with Gasteiger partial charge in [-0.2, -0.15) is 0 Å². The molecule has 0 bridgehead atoms. The first-order chi connectivity index (χ1) is 12.9. The second-order valence-electron chi connectivity index (χ2n) is 6.56. The number of sulfone groups is 1. The molecule has 4 rings (SSSR count). The number of aromatic nitrogens is 1. The average molecular weight is 395 g/mol. The maximum Gasteiger partial charge on any atom is 0.178 e. The highest BCUT2D eigenvalue weighted by Gasteiger charge is 2.14. The van der Waals surface area contributed by atoms with Gasteiger partial charge in [0.25, 0.3) is 0 Å². The van der Waals surface area contributed by atoms with E-state index in [2.05, 4.69) is 64.8 Å². The van der Waals surface area contributed by atoms with Gasteiger partial charge in [-0.1, -0.05) is 12.1 Å². The third-order valence-electron chi connectivity index (χ3n) is 4.60. The van der Waals surface area contributed by atoms with Crippen LogP contribution in [-0.4, -0.2) is 19.2 Å². The van der Waals surface area contributed by atoms with Gasteiger partial charge in [0.1, 0.15) is 5.38 Å². The van der Waals surface area contributed by atoms with Crippen LogP contribution < -0.4 is 0 Å². The van der Waals surface area contributed by atoms with E-state index in [4.69, 9.17) is 0 Å². The summed E-state index contributed by atoms with van der Waals surface area (Å²) in [5.41, 5.74) is 4.74. The molecule has 1 atom stereocenters. The van der Waals surface area contributed by atoms with Gasteiger partial charge < -0.3 is 4.57 Å². The van der Waals surface area contributed by atoms with Crippen LogP contribution >= 0.6 is 10.5 Å². The van der Waals surface area contributed by atoms with Gasteiger partial charge in [0.05, 0.1) is 4.90 Å². The predicted molar refractivity (Wildman–Crippen MR) is 113 cm³/mol. The van der Waals surface area contributed by atoms with E-state index < -0.39 is 9.84 Å². The van der Waals surface area contributed by atoms with Crippen molar-refractivity contribution in [1.29, 1.82) is 0 Å². The molecule has 3 nitrogen and oxygen atoms in total. The SMILES string of the molecule is Cc1cccn1-c1ccc(-c2cc[s+](-c3ccc(S(C)(=O)=O)cc3)c2)cc1. The van der Waals surface area contributed by atoms with E-state index >= 15 is 0 Å². The fourth-order valence-corrected chi connectivity index (χ4v) is 5.32. The zero-order valence-corrected chi connectivity index (χ0v) is 16.8. The molecule has 1 unspecified atom stereocenters. The molecular formula is C22H20NO2S2+. The Bertz CT molecular complexity index is 1180. The van der Waals surface area contributed by atoms with Gasteiger partial charge >= 0.3 is 0 Å². The number of aryl methyl sites for hydroxylation is 1. The van der Waals surface area contributed by atoms with Crippen LogP contribution in [0.25, 0.3) is 21.7 Å². The van der Waals surface area contributed by atoms with Crippen molar-refractivity contribution in [3.05, 3.63) is 89.4 Å². The Morgan fingerprint density at radius 1 is 0.852 bits per heavy atom. The molecular weight excluding hydrogens is 374 g/mol. The van der Waals surface area contributed by atoms with Gasteiger partial charge in [0.2, 0.25) is 0 Å². The highest BCUT2D eigenvalue weighted by atomic mass is 32.2. The van der Waals surface area contributed by atoms with Crippen LogP contribution in [0.5, 0.6) is 0 Å². The number of benzene rings is 2. The van der Waals surface area contributed by atoms with E-state index in [1.807, 2.05) is 18.2 Å². The summed E-state index contributed by atoms with van der Waals surface area (Å²) in [4.78, 5) is 1.48. The van der Waals surface area contributed by atoms with Crippen molar-refractivity contribution in [3.8, 4) is 21.7 Å². The van der Waals surface area contributed by atoms with Crippen molar-refractivity contribution in [2.45, 2.75) is 11.8 Å². The van der Waals surface area contributed by atoms with E-state index in [9.17, 15) is 8.42 Å². The molecule has 27 heavy (non-hydrogen) atoms. The largest absolute Gasteiger partial charge is 0.321 e. The molecule has 0 spiro atoms. The second-order valence-corrected chi connectivity index (χ2v) is 10.3. The third kappa shape index (κ3) is 3.61. The summed E-state index contributed by atoms with van der Waals surface area (Å²) < 4.78 is 25.4. The van der Waals surface area contributed by atoms with Crippen molar-refractivity contribution >= 4 is 20.3 Å². The summed E-state index contributed by atoms with van der Waals surface area (Å²) in [5.74, 6) is 0. The lowest BCUT2D eigenvalue weighted by Gasteiger charge is -2.06. The zero-order valence-electron chi connectivity index (χ0n) is 15.2. The Kier molecular flexibility index (Phi) is 4.50. The highest BCUT2D eigenvalue weighted by Crippen LogP contribution is 2.36. The predicted octanol–water partition coefficient (Wildman–Crippen LogP) is 5.59. The van der Waals surface area contributed by atoms with Crippen molar-refractivity contribution in [2.75, 3.05) is 6.26 Å². The molecule has 0 aliphatic rings. The standard InChI is InChI=1S/C22H20NO2S2/c1-17-4-3-14-23(17)20-7-5-18(6-8-20)19-13-15-26(16-19)21-9-11-22(12-10-21)27(2,24)25/h3-16H,1-2H3/q+1. The summed E-state index contributed by atoms with van der Waals surface area (Å²) in [6.07, 6.45) is 3.30. The fourth-order valence-electron chi connectivity index (χ4n) is 3.09. The molecule has 0 fully saturated rings. The second kappa shape index (κ2) is 6.83. The van der Waals surface area contributed by atoms with Crippen LogP contribution in [0.2, 0.25) is 0 Å².